The predicted octanol–water partition coefficient (Wildman–Crippen LogP) is 3.96. The highest BCUT2D eigenvalue weighted by molar-refractivity contribution is 6.31. The predicted molar refractivity (Wildman–Crippen MR) is 124 cm³/mol. The van der Waals surface area contributed by atoms with Crippen LogP contribution in [0.15, 0.2) is 29.1 Å². The minimum Gasteiger partial charge on any atom is -0.476 e. The number of benzene rings is 1. The number of aromatic carboxylic acids is 1. The molecule has 0 radical (unpaired) electrons. The molecule has 3 heterocycles. The monoisotopic (exact) mass is 473 g/mol. The molecule has 2 fully saturated rings. The highest BCUT2D eigenvalue weighted by Crippen LogP contribution is 2.46. The molecule has 0 amide bonds. The average molecular weight is 474 g/mol. The summed E-state index contributed by atoms with van der Waals surface area (Å²) in [5.74, 6) is 0.837. The maximum Gasteiger partial charge on any atom is 0.356 e. The van der Waals surface area contributed by atoms with E-state index in [9.17, 15) is 14.7 Å². The number of piperidine rings is 1. The highest BCUT2D eigenvalue weighted by Gasteiger charge is 2.46. The summed E-state index contributed by atoms with van der Waals surface area (Å²) in [5, 5.41) is 13.6. The fourth-order valence-corrected chi connectivity index (χ4v) is 4.93. The molecule has 1 aliphatic carbocycles. The van der Waals surface area contributed by atoms with E-state index in [1.165, 1.54) is 12.5 Å². The molecule has 1 aromatic carbocycles. The van der Waals surface area contributed by atoms with E-state index in [-0.39, 0.29) is 16.4 Å². The molecule has 0 bridgehead atoms. The number of anilines is 2. The summed E-state index contributed by atoms with van der Waals surface area (Å²) in [7, 11) is 1.73. The second kappa shape index (κ2) is 7.64. The molecule has 5 rings (SSSR count). The number of nitrogens with one attached hydrogen (secondary N) is 1. The third kappa shape index (κ3) is 3.57. The number of rotatable bonds is 5. The fraction of sp³-hybridized carbons (Fsp3) is 0.364. The molecule has 2 aromatic heterocycles. The summed E-state index contributed by atoms with van der Waals surface area (Å²) in [6.45, 7) is 3.67. The van der Waals surface area contributed by atoms with Gasteiger partial charge in [0.2, 0.25) is 5.95 Å². The lowest BCUT2D eigenvalue weighted by molar-refractivity contribution is 0.0691. The SMILES string of the molecule is C[C@@H](Nc1ccc(Cl)nc1C(=O)O)c1cc(Cl)cc2c(=O)n(C)c(N3CC4CC4C3)nc12. The van der Waals surface area contributed by atoms with Crippen LogP contribution in [0.4, 0.5) is 11.6 Å². The molecular weight excluding hydrogens is 453 g/mol. The minimum atomic E-state index is -1.19. The highest BCUT2D eigenvalue weighted by atomic mass is 35.5. The molecule has 32 heavy (non-hydrogen) atoms. The van der Waals surface area contributed by atoms with Crippen LogP contribution in [-0.2, 0) is 7.05 Å². The van der Waals surface area contributed by atoms with E-state index in [2.05, 4.69) is 15.2 Å². The van der Waals surface area contributed by atoms with Gasteiger partial charge in [-0.1, -0.05) is 23.2 Å². The quantitative estimate of drug-likeness (QED) is 0.540. The number of hydrogen-bond donors (Lipinski definition) is 2. The van der Waals surface area contributed by atoms with Crippen LogP contribution in [0.2, 0.25) is 10.2 Å². The van der Waals surface area contributed by atoms with Gasteiger partial charge in [0.1, 0.15) is 5.15 Å². The Labute approximate surface area is 193 Å². The Balaban J connectivity index is 1.60. The van der Waals surface area contributed by atoms with Crippen molar-refractivity contribution in [2.45, 2.75) is 19.4 Å². The van der Waals surface area contributed by atoms with Crippen molar-refractivity contribution in [1.29, 1.82) is 0 Å². The molecular formula is C22H21Cl2N5O3. The third-order valence-corrected chi connectivity index (χ3v) is 6.74. The molecule has 2 unspecified atom stereocenters. The van der Waals surface area contributed by atoms with Crippen LogP contribution in [0.5, 0.6) is 0 Å². The van der Waals surface area contributed by atoms with E-state index < -0.39 is 12.0 Å². The van der Waals surface area contributed by atoms with Gasteiger partial charge in [-0.25, -0.2) is 14.8 Å². The minimum absolute atomic E-state index is 0.0901. The van der Waals surface area contributed by atoms with Gasteiger partial charge in [0.05, 0.1) is 22.6 Å². The summed E-state index contributed by atoms with van der Waals surface area (Å²) in [4.78, 5) is 35.8. The van der Waals surface area contributed by atoms with Crippen molar-refractivity contribution in [1.82, 2.24) is 14.5 Å². The van der Waals surface area contributed by atoms with Crippen LogP contribution in [0.25, 0.3) is 10.9 Å². The van der Waals surface area contributed by atoms with Crippen LogP contribution in [0, 0.1) is 11.8 Å². The Morgan fingerprint density at radius 3 is 2.62 bits per heavy atom. The number of pyridine rings is 1. The number of carboxylic acid groups (broad SMARTS) is 1. The Bertz CT molecular complexity index is 1320. The second-order valence-electron chi connectivity index (χ2n) is 8.53. The van der Waals surface area contributed by atoms with Gasteiger partial charge in [0, 0.05) is 30.7 Å². The zero-order valence-electron chi connectivity index (χ0n) is 17.5. The number of carboxylic acids is 1. The van der Waals surface area contributed by atoms with Gasteiger partial charge in [0.15, 0.2) is 5.69 Å². The van der Waals surface area contributed by atoms with Crippen molar-refractivity contribution >= 4 is 51.7 Å². The molecule has 3 atom stereocenters. The molecule has 3 aromatic rings. The summed E-state index contributed by atoms with van der Waals surface area (Å²) in [6, 6.07) is 6.06. The molecule has 1 saturated heterocycles. The maximum absolute atomic E-state index is 13.2. The van der Waals surface area contributed by atoms with Gasteiger partial charge in [0.25, 0.3) is 5.56 Å². The topological polar surface area (TPSA) is 100 Å². The van der Waals surface area contributed by atoms with Crippen LogP contribution in [-0.4, -0.2) is 38.7 Å². The second-order valence-corrected chi connectivity index (χ2v) is 9.35. The number of nitrogens with zero attached hydrogens (tertiary/aromatic N) is 4. The largest absolute Gasteiger partial charge is 0.476 e. The fourth-order valence-electron chi connectivity index (χ4n) is 4.55. The van der Waals surface area contributed by atoms with E-state index in [1.807, 2.05) is 6.92 Å². The Morgan fingerprint density at radius 2 is 1.94 bits per heavy atom. The molecule has 8 nitrogen and oxygen atoms in total. The van der Waals surface area contributed by atoms with E-state index in [0.717, 1.165) is 13.1 Å². The number of halogens is 2. The van der Waals surface area contributed by atoms with Crippen molar-refractivity contribution in [2.75, 3.05) is 23.3 Å². The van der Waals surface area contributed by atoms with E-state index >= 15 is 0 Å². The van der Waals surface area contributed by atoms with Crippen LogP contribution in [0.1, 0.15) is 35.4 Å². The van der Waals surface area contributed by atoms with Crippen molar-refractivity contribution in [2.24, 2.45) is 18.9 Å². The van der Waals surface area contributed by atoms with Crippen LogP contribution < -0.4 is 15.8 Å². The average Bonchev–Trinajstić information content (AvgIpc) is 3.36. The molecule has 1 saturated carbocycles. The van der Waals surface area contributed by atoms with Gasteiger partial charge in [-0.15, -0.1) is 0 Å². The smallest absolute Gasteiger partial charge is 0.356 e. The summed E-state index contributed by atoms with van der Waals surface area (Å²) >= 11 is 12.2. The lowest BCUT2D eigenvalue weighted by Crippen LogP contribution is -2.31. The van der Waals surface area contributed by atoms with Gasteiger partial charge >= 0.3 is 5.97 Å². The van der Waals surface area contributed by atoms with E-state index in [0.29, 0.717) is 45.0 Å². The first kappa shape index (κ1) is 21.0. The number of fused-ring (bicyclic) bond motifs is 2. The number of aromatic nitrogens is 3. The van der Waals surface area contributed by atoms with Gasteiger partial charge in [-0.2, -0.15) is 0 Å². The van der Waals surface area contributed by atoms with Crippen molar-refractivity contribution < 1.29 is 9.90 Å². The van der Waals surface area contributed by atoms with Crippen LogP contribution in [0.3, 0.4) is 0 Å². The summed E-state index contributed by atoms with van der Waals surface area (Å²) in [5.41, 5.74) is 1.21. The van der Waals surface area contributed by atoms with Gasteiger partial charge in [-0.05, 0) is 49.4 Å². The van der Waals surface area contributed by atoms with Gasteiger partial charge < -0.3 is 15.3 Å². The zero-order chi connectivity index (χ0) is 22.7. The molecule has 2 aliphatic rings. The van der Waals surface area contributed by atoms with Crippen molar-refractivity contribution in [3.8, 4) is 0 Å². The van der Waals surface area contributed by atoms with Gasteiger partial charge in [-0.3, -0.25) is 9.36 Å². The molecule has 166 valence electrons. The first-order chi connectivity index (χ1) is 15.2. The molecule has 10 heteroatoms. The first-order valence-electron chi connectivity index (χ1n) is 10.3. The lowest BCUT2D eigenvalue weighted by Gasteiger charge is -2.24. The first-order valence-corrected chi connectivity index (χ1v) is 11.1. The van der Waals surface area contributed by atoms with E-state index in [1.54, 1.807) is 29.8 Å². The van der Waals surface area contributed by atoms with Crippen LogP contribution >= 0.6 is 23.2 Å². The number of carbonyl (C=O) groups is 1. The van der Waals surface area contributed by atoms with E-state index in [4.69, 9.17) is 28.2 Å². The lowest BCUT2D eigenvalue weighted by atomic mass is 10.0. The normalized spacial score (nSPS) is 20.3. The third-order valence-electron chi connectivity index (χ3n) is 6.32. The maximum atomic E-state index is 13.2. The Kier molecular flexibility index (Phi) is 5.02. The zero-order valence-corrected chi connectivity index (χ0v) is 19.0. The number of hydrogen-bond acceptors (Lipinski definition) is 6. The summed E-state index contributed by atoms with van der Waals surface area (Å²) in [6.07, 6.45) is 1.25. The molecule has 2 N–H and O–H groups in total. The van der Waals surface area contributed by atoms with Crippen molar-refractivity contribution in [3.05, 3.63) is 56.1 Å². The summed E-state index contributed by atoms with van der Waals surface area (Å²) < 4.78 is 1.58. The molecule has 0 spiro atoms. The molecule has 1 aliphatic heterocycles. The Morgan fingerprint density at radius 1 is 1.22 bits per heavy atom. The van der Waals surface area contributed by atoms with Crippen molar-refractivity contribution in [3.63, 3.8) is 0 Å². The standard InChI is InChI=1S/C22H21Cl2N5O3/c1-10(25-16-3-4-17(24)26-19(16)21(31)32)14-6-13(23)7-15-18(14)27-22(28(2)20(15)30)29-8-11-5-12(11)9-29/h3-4,6-7,10-12,25H,5,8-9H2,1-2H3,(H,31,32)/t10-,11?,12?/m1/s1. The Hall–Kier alpha value is -2.84.